The predicted molar refractivity (Wildman–Crippen MR) is 58.3 cm³/mol. The number of rotatable bonds is 3. The Hall–Kier alpha value is -1.43. The van der Waals surface area contributed by atoms with Gasteiger partial charge in [0.05, 0.1) is 6.54 Å². The number of halogens is 1. The van der Waals surface area contributed by atoms with Gasteiger partial charge in [0.1, 0.15) is 5.69 Å². The van der Waals surface area contributed by atoms with E-state index in [4.69, 9.17) is 0 Å². The second-order valence-corrected chi connectivity index (χ2v) is 3.63. The molecule has 6 heteroatoms. The molecule has 0 fully saturated rings. The molecule has 0 radical (unpaired) electrons. The first-order valence-electron chi connectivity index (χ1n) is 4.24. The second kappa shape index (κ2) is 5.45. The van der Waals surface area contributed by atoms with E-state index in [2.05, 4.69) is 31.5 Å². The lowest BCUT2D eigenvalue weighted by atomic mass is 10.3. The number of hydrogen-bond acceptors (Lipinski definition) is 3. The standard InChI is InChI=1S/C9H10BrN3O2/c1-11-8(14)5-13-9(15)7-3-2-6(10)4-12-7/h2-4H,5H2,1H3,(H,11,14)(H,13,15). The van der Waals surface area contributed by atoms with Crippen molar-refractivity contribution in [1.29, 1.82) is 0 Å². The summed E-state index contributed by atoms with van der Waals surface area (Å²) in [7, 11) is 1.51. The Labute approximate surface area is 95.4 Å². The average Bonchev–Trinajstić information content (AvgIpc) is 2.26. The van der Waals surface area contributed by atoms with E-state index in [1.165, 1.54) is 13.2 Å². The molecule has 1 aromatic heterocycles. The van der Waals surface area contributed by atoms with Crippen LogP contribution in [0.5, 0.6) is 0 Å². The van der Waals surface area contributed by atoms with Crippen LogP contribution in [0.1, 0.15) is 10.5 Å². The van der Waals surface area contributed by atoms with Crippen molar-refractivity contribution in [2.24, 2.45) is 0 Å². The smallest absolute Gasteiger partial charge is 0.270 e. The lowest BCUT2D eigenvalue weighted by Gasteiger charge is -2.03. The highest BCUT2D eigenvalue weighted by Crippen LogP contribution is 2.06. The first-order valence-corrected chi connectivity index (χ1v) is 5.03. The van der Waals surface area contributed by atoms with Crippen molar-refractivity contribution < 1.29 is 9.59 Å². The lowest BCUT2D eigenvalue weighted by Crippen LogP contribution is -2.35. The predicted octanol–water partition coefficient (Wildman–Crippen LogP) is 0.320. The fourth-order valence-electron chi connectivity index (χ4n) is 0.850. The van der Waals surface area contributed by atoms with Crippen LogP contribution in [0.4, 0.5) is 0 Å². The van der Waals surface area contributed by atoms with Crippen molar-refractivity contribution in [3.05, 3.63) is 28.5 Å². The maximum atomic E-state index is 11.4. The number of pyridine rings is 1. The van der Waals surface area contributed by atoms with Gasteiger partial charge >= 0.3 is 0 Å². The zero-order valence-electron chi connectivity index (χ0n) is 8.08. The van der Waals surface area contributed by atoms with Gasteiger partial charge < -0.3 is 10.6 Å². The van der Waals surface area contributed by atoms with E-state index in [1.807, 2.05) is 0 Å². The third kappa shape index (κ3) is 3.67. The number of likely N-dealkylation sites (N-methyl/N-ethyl adjacent to an activating group) is 1. The number of carbonyl (C=O) groups is 2. The Morgan fingerprint density at radius 3 is 2.73 bits per heavy atom. The number of hydrogen-bond donors (Lipinski definition) is 2. The highest BCUT2D eigenvalue weighted by molar-refractivity contribution is 9.10. The molecule has 2 amide bonds. The van der Waals surface area contributed by atoms with Crippen molar-refractivity contribution in [3.63, 3.8) is 0 Å². The molecule has 0 saturated carbocycles. The monoisotopic (exact) mass is 271 g/mol. The van der Waals surface area contributed by atoms with Gasteiger partial charge in [0.15, 0.2) is 0 Å². The van der Waals surface area contributed by atoms with Gasteiger partial charge in [-0.15, -0.1) is 0 Å². The number of nitrogens with zero attached hydrogens (tertiary/aromatic N) is 1. The molecule has 1 heterocycles. The zero-order chi connectivity index (χ0) is 11.3. The summed E-state index contributed by atoms with van der Waals surface area (Å²) in [6.45, 7) is -0.0485. The summed E-state index contributed by atoms with van der Waals surface area (Å²) >= 11 is 3.21. The first kappa shape index (κ1) is 11.6. The minimum absolute atomic E-state index is 0.0485. The summed E-state index contributed by atoms with van der Waals surface area (Å²) in [5.74, 6) is -0.619. The van der Waals surface area contributed by atoms with Crippen LogP contribution in [0.15, 0.2) is 22.8 Å². The number of nitrogens with one attached hydrogen (secondary N) is 2. The largest absolute Gasteiger partial charge is 0.358 e. The van der Waals surface area contributed by atoms with Gasteiger partial charge in [0.2, 0.25) is 5.91 Å². The van der Waals surface area contributed by atoms with Gasteiger partial charge in [-0.2, -0.15) is 0 Å². The number of amides is 2. The molecular formula is C9H10BrN3O2. The van der Waals surface area contributed by atoms with Crippen LogP contribution in [0.3, 0.4) is 0 Å². The molecule has 0 aliphatic rings. The summed E-state index contributed by atoms with van der Waals surface area (Å²) in [4.78, 5) is 26.1. The van der Waals surface area contributed by atoms with Crippen molar-refractivity contribution in [3.8, 4) is 0 Å². The molecular weight excluding hydrogens is 262 g/mol. The summed E-state index contributed by atoms with van der Waals surface area (Å²) < 4.78 is 0.797. The van der Waals surface area contributed by atoms with Crippen LogP contribution in [0.2, 0.25) is 0 Å². The summed E-state index contributed by atoms with van der Waals surface area (Å²) in [5.41, 5.74) is 0.280. The van der Waals surface area contributed by atoms with E-state index in [0.29, 0.717) is 0 Å². The van der Waals surface area contributed by atoms with Gasteiger partial charge in [-0.05, 0) is 28.1 Å². The Morgan fingerprint density at radius 1 is 1.47 bits per heavy atom. The van der Waals surface area contributed by atoms with E-state index in [-0.39, 0.29) is 24.1 Å². The van der Waals surface area contributed by atoms with E-state index < -0.39 is 0 Å². The van der Waals surface area contributed by atoms with Crippen molar-refractivity contribution in [2.75, 3.05) is 13.6 Å². The maximum Gasteiger partial charge on any atom is 0.270 e. The van der Waals surface area contributed by atoms with E-state index >= 15 is 0 Å². The SMILES string of the molecule is CNC(=O)CNC(=O)c1ccc(Br)cn1. The van der Waals surface area contributed by atoms with Gasteiger partial charge in [0.25, 0.3) is 5.91 Å². The van der Waals surface area contributed by atoms with E-state index in [0.717, 1.165) is 4.47 Å². The van der Waals surface area contributed by atoms with Crippen molar-refractivity contribution >= 4 is 27.7 Å². The summed E-state index contributed by atoms with van der Waals surface area (Å²) in [6, 6.07) is 3.28. The molecule has 1 rings (SSSR count). The Morgan fingerprint density at radius 2 is 2.20 bits per heavy atom. The fraction of sp³-hybridized carbons (Fsp3) is 0.222. The first-order chi connectivity index (χ1) is 7.13. The fourth-order valence-corrected chi connectivity index (χ4v) is 1.08. The van der Waals surface area contributed by atoms with Crippen molar-refractivity contribution in [1.82, 2.24) is 15.6 Å². The average molecular weight is 272 g/mol. The highest BCUT2D eigenvalue weighted by Gasteiger charge is 2.07. The minimum atomic E-state index is -0.369. The van der Waals surface area contributed by atoms with Gasteiger partial charge in [-0.25, -0.2) is 4.98 Å². The van der Waals surface area contributed by atoms with E-state index in [1.54, 1.807) is 12.1 Å². The molecule has 0 aliphatic carbocycles. The van der Waals surface area contributed by atoms with Crippen LogP contribution in [0, 0.1) is 0 Å². The normalized spacial score (nSPS) is 9.47. The van der Waals surface area contributed by atoms with Gasteiger partial charge in [-0.1, -0.05) is 0 Å². The lowest BCUT2D eigenvalue weighted by molar-refractivity contribution is -0.119. The molecule has 1 aromatic rings. The molecule has 0 aromatic carbocycles. The van der Waals surface area contributed by atoms with Crippen LogP contribution in [0.25, 0.3) is 0 Å². The number of aromatic nitrogens is 1. The Bertz CT molecular complexity index is 364. The van der Waals surface area contributed by atoms with Gasteiger partial charge in [-0.3, -0.25) is 9.59 Å². The van der Waals surface area contributed by atoms with Crippen LogP contribution < -0.4 is 10.6 Å². The molecule has 0 unspecified atom stereocenters. The molecule has 0 saturated heterocycles. The highest BCUT2D eigenvalue weighted by atomic mass is 79.9. The van der Waals surface area contributed by atoms with Gasteiger partial charge in [0, 0.05) is 17.7 Å². The van der Waals surface area contributed by atoms with Crippen molar-refractivity contribution in [2.45, 2.75) is 0 Å². The van der Waals surface area contributed by atoms with Crippen LogP contribution in [-0.2, 0) is 4.79 Å². The second-order valence-electron chi connectivity index (χ2n) is 2.72. The Balaban J connectivity index is 2.54. The van der Waals surface area contributed by atoms with Crippen LogP contribution >= 0.6 is 15.9 Å². The molecule has 5 nitrogen and oxygen atoms in total. The molecule has 0 spiro atoms. The molecule has 15 heavy (non-hydrogen) atoms. The number of carbonyl (C=O) groups excluding carboxylic acids is 2. The third-order valence-electron chi connectivity index (χ3n) is 1.65. The molecule has 2 N–H and O–H groups in total. The summed E-state index contributed by atoms with van der Waals surface area (Å²) in [5, 5.41) is 4.84. The maximum absolute atomic E-state index is 11.4. The topological polar surface area (TPSA) is 71.1 Å². The molecule has 80 valence electrons. The molecule has 0 atom stereocenters. The molecule has 0 aliphatic heterocycles. The zero-order valence-corrected chi connectivity index (χ0v) is 9.67. The molecule has 0 bridgehead atoms. The Kier molecular flexibility index (Phi) is 4.23. The third-order valence-corrected chi connectivity index (χ3v) is 2.12. The minimum Gasteiger partial charge on any atom is -0.358 e. The van der Waals surface area contributed by atoms with E-state index in [9.17, 15) is 9.59 Å². The quantitative estimate of drug-likeness (QED) is 0.832. The summed E-state index contributed by atoms with van der Waals surface area (Å²) in [6.07, 6.45) is 1.52. The van der Waals surface area contributed by atoms with Crippen LogP contribution in [-0.4, -0.2) is 30.4 Å².